The molecule has 0 aromatic heterocycles. The second-order valence-corrected chi connectivity index (χ2v) is 7.83. The Hall–Kier alpha value is -4.58. The van der Waals surface area contributed by atoms with Gasteiger partial charge in [-0.3, -0.25) is 9.59 Å². The van der Waals surface area contributed by atoms with Crippen LogP contribution in [0, 0.1) is 0 Å². The van der Waals surface area contributed by atoms with Crippen LogP contribution in [0.3, 0.4) is 0 Å². The van der Waals surface area contributed by atoms with Crippen molar-refractivity contribution in [3.63, 3.8) is 0 Å². The molecule has 0 bridgehead atoms. The molecule has 176 valence electrons. The molecule has 2 amide bonds. The maximum absolute atomic E-state index is 12.8. The van der Waals surface area contributed by atoms with E-state index < -0.39 is 5.91 Å². The molecule has 35 heavy (non-hydrogen) atoms. The zero-order valence-corrected chi connectivity index (χ0v) is 19.4. The number of carbonyl (C=O) groups is 2. The molecule has 0 saturated carbocycles. The summed E-state index contributed by atoms with van der Waals surface area (Å²) in [5.41, 5.74) is 9.67. The average Bonchev–Trinajstić information content (AvgIpc) is 2.89. The van der Waals surface area contributed by atoms with E-state index in [0.717, 1.165) is 22.4 Å². The van der Waals surface area contributed by atoms with Crippen LogP contribution in [-0.4, -0.2) is 18.4 Å². The van der Waals surface area contributed by atoms with E-state index in [0.29, 0.717) is 29.2 Å². The zero-order chi connectivity index (χ0) is 24.6. The number of nitrogens with two attached hydrogens (primary N) is 1. The molecule has 0 spiro atoms. The van der Waals surface area contributed by atoms with Gasteiger partial charge in [0.2, 0.25) is 5.91 Å². The van der Waals surface area contributed by atoms with Crippen molar-refractivity contribution in [1.82, 2.24) is 0 Å². The first-order valence-corrected chi connectivity index (χ1v) is 11.3. The number of anilines is 1. The summed E-state index contributed by atoms with van der Waals surface area (Å²) < 4.78 is 11.7. The number of ether oxygens (including phenoxy) is 2. The fourth-order valence-electron chi connectivity index (χ4n) is 3.59. The maximum atomic E-state index is 12.8. The summed E-state index contributed by atoms with van der Waals surface area (Å²) in [6.45, 7) is 2.65. The highest BCUT2D eigenvalue weighted by Gasteiger charge is 2.12. The number of nitrogens with one attached hydrogen (secondary N) is 1. The van der Waals surface area contributed by atoms with Crippen LogP contribution >= 0.6 is 0 Å². The molecule has 0 fully saturated rings. The molecule has 6 heteroatoms. The fraction of sp³-hybridized carbons (Fsp3) is 0.103. The molecule has 0 heterocycles. The van der Waals surface area contributed by atoms with Gasteiger partial charge in [-0.25, -0.2) is 0 Å². The van der Waals surface area contributed by atoms with Gasteiger partial charge in [0.25, 0.3) is 5.91 Å². The zero-order valence-electron chi connectivity index (χ0n) is 19.4. The standard InChI is InChI=1S/C29H26N2O4/c1-2-34-27-17-12-23(29(33)31-25-13-8-22(9-14-25)28(30)32)18-24(27)19-35-26-15-10-21(11-16-26)20-6-4-3-5-7-20/h3-18H,2,19H2,1H3,(H2,30,32)(H,31,33). The number of amides is 2. The normalized spacial score (nSPS) is 10.4. The van der Waals surface area contributed by atoms with Crippen molar-refractivity contribution >= 4 is 17.5 Å². The van der Waals surface area contributed by atoms with E-state index in [1.165, 1.54) is 0 Å². The number of hydrogen-bond acceptors (Lipinski definition) is 4. The highest BCUT2D eigenvalue weighted by atomic mass is 16.5. The van der Waals surface area contributed by atoms with Gasteiger partial charge < -0.3 is 20.5 Å². The largest absolute Gasteiger partial charge is 0.493 e. The Morgan fingerprint density at radius 2 is 1.43 bits per heavy atom. The SMILES string of the molecule is CCOc1ccc(C(=O)Nc2ccc(C(N)=O)cc2)cc1COc1ccc(-c2ccccc2)cc1. The molecule has 4 aromatic rings. The van der Waals surface area contributed by atoms with E-state index in [2.05, 4.69) is 17.4 Å². The van der Waals surface area contributed by atoms with E-state index >= 15 is 0 Å². The Balaban J connectivity index is 1.46. The lowest BCUT2D eigenvalue weighted by Gasteiger charge is -2.14. The minimum Gasteiger partial charge on any atom is -0.493 e. The Bertz CT molecular complexity index is 1300. The van der Waals surface area contributed by atoms with Crippen LogP contribution in [-0.2, 0) is 6.61 Å². The van der Waals surface area contributed by atoms with Gasteiger partial charge >= 0.3 is 0 Å². The Labute approximate surface area is 204 Å². The summed E-state index contributed by atoms with van der Waals surface area (Å²) >= 11 is 0. The van der Waals surface area contributed by atoms with Crippen LogP contribution in [0.15, 0.2) is 97.1 Å². The molecule has 4 aromatic carbocycles. The molecule has 0 atom stereocenters. The van der Waals surface area contributed by atoms with Gasteiger partial charge in [0, 0.05) is 22.4 Å². The van der Waals surface area contributed by atoms with Crippen molar-refractivity contribution < 1.29 is 19.1 Å². The Morgan fingerprint density at radius 1 is 0.771 bits per heavy atom. The predicted octanol–water partition coefficient (Wildman–Crippen LogP) is 5.68. The van der Waals surface area contributed by atoms with E-state index in [1.807, 2.05) is 49.4 Å². The molecule has 0 saturated heterocycles. The van der Waals surface area contributed by atoms with Crippen LogP contribution in [0.1, 0.15) is 33.2 Å². The number of carbonyl (C=O) groups excluding carboxylic acids is 2. The number of hydrogen-bond donors (Lipinski definition) is 2. The van der Waals surface area contributed by atoms with E-state index in [9.17, 15) is 9.59 Å². The first kappa shape index (κ1) is 23.6. The molecule has 6 nitrogen and oxygen atoms in total. The van der Waals surface area contributed by atoms with E-state index in [4.69, 9.17) is 15.2 Å². The van der Waals surface area contributed by atoms with Crippen LogP contribution in [0.2, 0.25) is 0 Å². The van der Waals surface area contributed by atoms with Gasteiger partial charge in [-0.1, -0.05) is 42.5 Å². The monoisotopic (exact) mass is 466 g/mol. The first-order chi connectivity index (χ1) is 17.0. The van der Waals surface area contributed by atoms with Crippen LogP contribution < -0.4 is 20.5 Å². The number of primary amides is 1. The summed E-state index contributed by atoms with van der Waals surface area (Å²) in [4.78, 5) is 24.1. The fourth-order valence-corrected chi connectivity index (χ4v) is 3.59. The van der Waals surface area contributed by atoms with Crippen molar-refractivity contribution in [3.8, 4) is 22.6 Å². The lowest BCUT2D eigenvalue weighted by atomic mass is 10.1. The third kappa shape index (κ3) is 6.06. The Kier molecular flexibility index (Phi) is 7.43. The molecule has 0 aliphatic carbocycles. The lowest BCUT2D eigenvalue weighted by molar-refractivity contribution is 0.0998. The van der Waals surface area contributed by atoms with Crippen molar-refractivity contribution in [2.45, 2.75) is 13.5 Å². The topological polar surface area (TPSA) is 90.6 Å². The average molecular weight is 467 g/mol. The van der Waals surface area contributed by atoms with Gasteiger partial charge in [0.05, 0.1) is 6.61 Å². The highest BCUT2D eigenvalue weighted by Crippen LogP contribution is 2.26. The smallest absolute Gasteiger partial charge is 0.255 e. The van der Waals surface area contributed by atoms with Crippen molar-refractivity contribution in [2.24, 2.45) is 5.73 Å². The van der Waals surface area contributed by atoms with Gasteiger partial charge in [-0.05, 0) is 72.6 Å². The minimum absolute atomic E-state index is 0.244. The van der Waals surface area contributed by atoms with Gasteiger partial charge in [-0.2, -0.15) is 0 Å². The second kappa shape index (κ2) is 11.0. The molecule has 0 aliphatic rings. The summed E-state index contributed by atoms with van der Waals surface area (Å²) in [7, 11) is 0. The molecule has 0 unspecified atom stereocenters. The van der Waals surface area contributed by atoms with E-state index in [-0.39, 0.29) is 12.5 Å². The number of rotatable bonds is 9. The summed E-state index contributed by atoms with van der Waals surface area (Å²) in [6, 6.07) is 29.7. The van der Waals surface area contributed by atoms with Gasteiger partial charge in [0.15, 0.2) is 0 Å². The summed E-state index contributed by atoms with van der Waals surface area (Å²) in [5, 5.41) is 2.83. The summed E-state index contributed by atoms with van der Waals surface area (Å²) in [6.07, 6.45) is 0. The third-order valence-corrected chi connectivity index (χ3v) is 5.41. The first-order valence-electron chi connectivity index (χ1n) is 11.3. The maximum Gasteiger partial charge on any atom is 0.255 e. The molecule has 0 aliphatic heterocycles. The van der Waals surface area contributed by atoms with Gasteiger partial charge in [0.1, 0.15) is 18.1 Å². The lowest BCUT2D eigenvalue weighted by Crippen LogP contribution is -2.14. The molecule has 4 rings (SSSR count). The quantitative estimate of drug-likeness (QED) is 0.332. The van der Waals surface area contributed by atoms with Crippen LogP contribution in [0.25, 0.3) is 11.1 Å². The molecular weight excluding hydrogens is 440 g/mol. The molecule has 3 N–H and O–H groups in total. The summed E-state index contributed by atoms with van der Waals surface area (Å²) in [5.74, 6) is 0.578. The number of benzene rings is 4. The van der Waals surface area contributed by atoms with Crippen molar-refractivity contribution in [1.29, 1.82) is 0 Å². The van der Waals surface area contributed by atoms with Crippen molar-refractivity contribution in [3.05, 3.63) is 114 Å². The van der Waals surface area contributed by atoms with Crippen molar-refractivity contribution in [2.75, 3.05) is 11.9 Å². The predicted molar refractivity (Wildman–Crippen MR) is 137 cm³/mol. The Morgan fingerprint density at radius 3 is 2.09 bits per heavy atom. The molecular formula is C29H26N2O4. The van der Waals surface area contributed by atoms with Crippen LogP contribution in [0.5, 0.6) is 11.5 Å². The highest BCUT2D eigenvalue weighted by molar-refractivity contribution is 6.04. The minimum atomic E-state index is -0.520. The second-order valence-electron chi connectivity index (χ2n) is 7.83. The molecule has 0 radical (unpaired) electrons. The third-order valence-electron chi connectivity index (χ3n) is 5.41. The van der Waals surface area contributed by atoms with Gasteiger partial charge in [-0.15, -0.1) is 0 Å². The van der Waals surface area contributed by atoms with E-state index in [1.54, 1.807) is 42.5 Å². The van der Waals surface area contributed by atoms with Crippen LogP contribution in [0.4, 0.5) is 5.69 Å².